The van der Waals surface area contributed by atoms with E-state index in [4.69, 9.17) is 29.0 Å². The van der Waals surface area contributed by atoms with Gasteiger partial charge in [0.05, 0.1) is 15.7 Å². The van der Waals surface area contributed by atoms with E-state index in [1.165, 1.54) is 0 Å². The van der Waals surface area contributed by atoms with Gasteiger partial charge in [0.1, 0.15) is 0 Å². The van der Waals surface area contributed by atoms with Crippen LogP contribution in [0.5, 0.6) is 0 Å². The van der Waals surface area contributed by atoms with Gasteiger partial charge in [-0.25, -0.2) is 5.84 Å². The van der Waals surface area contributed by atoms with Gasteiger partial charge in [0.15, 0.2) is 0 Å². The maximum Gasteiger partial charge on any atom is 0.210 e. The number of unbranched alkanes of at least 4 members (excludes halogenated alkanes) is 1. The monoisotopic (exact) mass is 274 g/mol. The van der Waals surface area contributed by atoms with Crippen molar-refractivity contribution in [2.75, 3.05) is 11.9 Å². The number of aliphatic imine (C=N–C) groups is 1. The van der Waals surface area contributed by atoms with Gasteiger partial charge in [-0.05, 0) is 18.6 Å². The summed E-state index contributed by atoms with van der Waals surface area (Å²) in [6, 6.07) is 5.33. The summed E-state index contributed by atoms with van der Waals surface area (Å²) >= 11 is 11.9. The molecule has 94 valence electrons. The number of rotatable bonds is 4. The lowest BCUT2D eigenvalue weighted by molar-refractivity contribution is 0.801. The Bertz CT molecular complexity index is 393. The second-order valence-corrected chi connectivity index (χ2v) is 4.24. The molecule has 0 aliphatic rings. The van der Waals surface area contributed by atoms with Gasteiger partial charge in [-0.15, -0.1) is 0 Å². The Labute approximate surface area is 111 Å². The minimum atomic E-state index is 0.451. The molecule has 0 spiro atoms. The van der Waals surface area contributed by atoms with Crippen molar-refractivity contribution in [3.05, 3.63) is 28.2 Å². The number of nitrogens with two attached hydrogens (primary N) is 1. The standard InChI is InChI=1S/C11H16Cl2N4/c1-2-3-7-15-11(17-14)16-9-6-4-5-8(12)10(9)13/h4-6H,2-3,7,14H2,1H3,(H2,15,16,17). The largest absolute Gasteiger partial charge is 0.324 e. The zero-order valence-corrected chi connectivity index (χ0v) is 11.1. The molecular formula is C11H16Cl2N4. The Morgan fingerprint density at radius 3 is 2.82 bits per heavy atom. The molecule has 0 fully saturated rings. The molecule has 0 unspecified atom stereocenters. The van der Waals surface area contributed by atoms with Gasteiger partial charge < -0.3 is 5.32 Å². The van der Waals surface area contributed by atoms with Gasteiger partial charge in [-0.2, -0.15) is 0 Å². The Balaban J connectivity index is 2.73. The number of nitrogens with zero attached hydrogens (tertiary/aromatic N) is 1. The molecule has 1 rings (SSSR count). The van der Waals surface area contributed by atoms with E-state index in [1.54, 1.807) is 18.2 Å². The molecule has 4 nitrogen and oxygen atoms in total. The summed E-state index contributed by atoms with van der Waals surface area (Å²) in [5, 5.41) is 3.93. The fourth-order valence-corrected chi connectivity index (χ4v) is 1.55. The first kappa shape index (κ1) is 14.1. The number of hydrazine groups is 1. The van der Waals surface area contributed by atoms with Gasteiger partial charge >= 0.3 is 0 Å². The molecule has 0 aliphatic carbocycles. The first-order chi connectivity index (χ1) is 8.19. The van der Waals surface area contributed by atoms with Crippen molar-refractivity contribution in [2.24, 2.45) is 10.8 Å². The fraction of sp³-hybridized carbons (Fsp3) is 0.364. The Morgan fingerprint density at radius 2 is 2.18 bits per heavy atom. The second-order valence-electron chi connectivity index (χ2n) is 3.45. The Morgan fingerprint density at radius 1 is 1.41 bits per heavy atom. The topological polar surface area (TPSA) is 62.4 Å². The quantitative estimate of drug-likeness (QED) is 0.260. The summed E-state index contributed by atoms with van der Waals surface area (Å²) in [5.41, 5.74) is 3.17. The van der Waals surface area contributed by atoms with E-state index in [0.29, 0.717) is 28.2 Å². The maximum absolute atomic E-state index is 6.04. The van der Waals surface area contributed by atoms with Crippen molar-refractivity contribution in [2.45, 2.75) is 19.8 Å². The van der Waals surface area contributed by atoms with Crippen molar-refractivity contribution in [3.8, 4) is 0 Å². The molecule has 4 N–H and O–H groups in total. The van der Waals surface area contributed by atoms with E-state index in [-0.39, 0.29) is 0 Å². The lowest BCUT2D eigenvalue weighted by Gasteiger charge is -2.11. The minimum Gasteiger partial charge on any atom is -0.324 e. The van der Waals surface area contributed by atoms with Crippen molar-refractivity contribution in [1.82, 2.24) is 5.43 Å². The summed E-state index contributed by atoms with van der Waals surface area (Å²) in [6.45, 7) is 2.81. The maximum atomic E-state index is 6.04. The van der Waals surface area contributed by atoms with Crippen LogP contribution in [0.1, 0.15) is 19.8 Å². The van der Waals surface area contributed by atoms with Crippen LogP contribution in [-0.2, 0) is 0 Å². The van der Waals surface area contributed by atoms with Crippen LogP contribution < -0.4 is 16.6 Å². The first-order valence-electron chi connectivity index (χ1n) is 5.41. The van der Waals surface area contributed by atoms with Gasteiger partial charge in [0.25, 0.3) is 0 Å². The lowest BCUT2D eigenvalue weighted by atomic mass is 10.3. The molecule has 0 amide bonds. The highest BCUT2D eigenvalue weighted by Crippen LogP contribution is 2.29. The van der Waals surface area contributed by atoms with Crippen LogP contribution in [0.4, 0.5) is 5.69 Å². The molecule has 6 heteroatoms. The summed E-state index contributed by atoms with van der Waals surface area (Å²) in [7, 11) is 0. The van der Waals surface area contributed by atoms with Crippen molar-refractivity contribution >= 4 is 34.8 Å². The molecule has 0 atom stereocenters. The highest BCUT2D eigenvalue weighted by Gasteiger charge is 2.05. The number of nitrogens with one attached hydrogen (secondary N) is 2. The molecule has 0 saturated carbocycles. The predicted molar refractivity (Wildman–Crippen MR) is 74.6 cm³/mol. The highest BCUT2D eigenvalue weighted by atomic mass is 35.5. The second kappa shape index (κ2) is 7.37. The fourth-order valence-electron chi connectivity index (χ4n) is 1.20. The van der Waals surface area contributed by atoms with Gasteiger partial charge in [0.2, 0.25) is 5.96 Å². The SMILES string of the molecule is CCCCN=C(NN)Nc1cccc(Cl)c1Cl. The smallest absolute Gasteiger partial charge is 0.210 e. The zero-order chi connectivity index (χ0) is 12.7. The highest BCUT2D eigenvalue weighted by molar-refractivity contribution is 6.44. The van der Waals surface area contributed by atoms with Crippen molar-refractivity contribution < 1.29 is 0 Å². The summed E-state index contributed by atoms with van der Waals surface area (Å²) in [6.07, 6.45) is 2.09. The molecule has 1 aromatic carbocycles. The van der Waals surface area contributed by atoms with Crippen molar-refractivity contribution in [1.29, 1.82) is 0 Å². The summed E-state index contributed by atoms with van der Waals surface area (Å²) in [4.78, 5) is 4.27. The molecule has 17 heavy (non-hydrogen) atoms. The van der Waals surface area contributed by atoms with E-state index in [9.17, 15) is 0 Å². The normalized spacial score (nSPS) is 11.4. The molecule has 0 saturated heterocycles. The van der Waals surface area contributed by atoms with Gasteiger partial charge in [-0.1, -0.05) is 42.6 Å². The third-order valence-electron chi connectivity index (χ3n) is 2.12. The number of anilines is 1. The zero-order valence-electron chi connectivity index (χ0n) is 9.63. The minimum absolute atomic E-state index is 0.451. The van der Waals surface area contributed by atoms with Crippen LogP contribution in [0.3, 0.4) is 0 Å². The molecule has 0 aromatic heterocycles. The number of hydrogen-bond donors (Lipinski definition) is 3. The van der Waals surface area contributed by atoms with Crippen LogP contribution in [-0.4, -0.2) is 12.5 Å². The average Bonchev–Trinajstić information content (AvgIpc) is 2.33. The van der Waals surface area contributed by atoms with Gasteiger partial charge in [0, 0.05) is 6.54 Å². The van der Waals surface area contributed by atoms with E-state index in [0.717, 1.165) is 12.8 Å². The molecule has 0 heterocycles. The van der Waals surface area contributed by atoms with Crippen LogP contribution in [0, 0.1) is 0 Å². The molecule has 0 radical (unpaired) electrons. The predicted octanol–water partition coefficient (Wildman–Crippen LogP) is 3.02. The Hall–Kier alpha value is -0.970. The number of benzene rings is 1. The van der Waals surface area contributed by atoms with E-state index in [1.807, 2.05) is 0 Å². The summed E-state index contributed by atoms with van der Waals surface area (Å²) in [5.74, 6) is 5.85. The first-order valence-corrected chi connectivity index (χ1v) is 6.16. The van der Waals surface area contributed by atoms with Crippen LogP contribution >= 0.6 is 23.2 Å². The third kappa shape index (κ3) is 4.42. The molecule has 0 aliphatic heterocycles. The van der Waals surface area contributed by atoms with Crippen molar-refractivity contribution in [3.63, 3.8) is 0 Å². The molecule has 0 bridgehead atoms. The number of guanidine groups is 1. The Kier molecular flexibility index (Phi) is 6.11. The van der Waals surface area contributed by atoms with Crippen LogP contribution in [0.25, 0.3) is 0 Å². The van der Waals surface area contributed by atoms with E-state index >= 15 is 0 Å². The lowest BCUT2D eigenvalue weighted by Crippen LogP contribution is -2.36. The number of halogens is 2. The number of hydrogen-bond acceptors (Lipinski definition) is 2. The van der Waals surface area contributed by atoms with Crippen LogP contribution in [0.2, 0.25) is 10.0 Å². The summed E-state index contributed by atoms with van der Waals surface area (Å²) < 4.78 is 0. The van der Waals surface area contributed by atoms with E-state index < -0.39 is 0 Å². The molecular weight excluding hydrogens is 259 g/mol. The molecule has 1 aromatic rings. The third-order valence-corrected chi connectivity index (χ3v) is 2.94. The van der Waals surface area contributed by atoms with Crippen LogP contribution in [0.15, 0.2) is 23.2 Å². The van der Waals surface area contributed by atoms with E-state index in [2.05, 4.69) is 22.7 Å². The van der Waals surface area contributed by atoms with Gasteiger partial charge in [-0.3, -0.25) is 10.4 Å². The average molecular weight is 275 g/mol.